The number of hydrogen-bond acceptors (Lipinski definition) is 4. The lowest BCUT2D eigenvalue weighted by Crippen LogP contribution is -2.36. The van der Waals surface area contributed by atoms with Gasteiger partial charge in [-0.1, -0.05) is 0 Å². The number of fused-ring (bicyclic) bond motifs is 1. The van der Waals surface area contributed by atoms with Gasteiger partial charge in [0.05, 0.1) is 6.54 Å². The molecule has 27 heavy (non-hydrogen) atoms. The number of rotatable bonds is 3. The van der Waals surface area contributed by atoms with Gasteiger partial charge in [-0.15, -0.1) is 0 Å². The lowest BCUT2D eigenvalue weighted by atomic mass is 10.1. The molecule has 142 valence electrons. The van der Waals surface area contributed by atoms with Crippen LogP contribution in [-0.2, 0) is 6.54 Å². The third-order valence-corrected chi connectivity index (χ3v) is 4.21. The molecule has 2 heterocycles. The minimum Gasteiger partial charge on any atom is -0.491 e. The normalized spacial score (nSPS) is 13.2. The van der Waals surface area contributed by atoms with Crippen LogP contribution in [-0.4, -0.2) is 41.5 Å². The molecule has 3 rings (SSSR count). The molecule has 1 aliphatic heterocycles. The number of pyridine rings is 1. The van der Waals surface area contributed by atoms with Crippen molar-refractivity contribution in [2.24, 2.45) is 0 Å². The summed E-state index contributed by atoms with van der Waals surface area (Å²) in [7, 11) is 0. The van der Waals surface area contributed by atoms with Gasteiger partial charge in [0.2, 0.25) is 0 Å². The predicted octanol–water partition coefficient (Wildman–Crippen LogP) is 1.86. The van der Waals surface area contributed by atoms with E-state index < -0.39 is 5.56 Å². The Hall–Kier alpha value is -3.29. The topological polar surface area (TPSA) is 104 Å². The highest BCUT2D eigenvalue weighted by atomic mass is 16.5. The predicted molar refractivity (Wildman–Crippen MR) is 101 cm³/mol. The Morgan fingerprint density at radius 2 is 2.07 bits per heavy atom. The number of amides is 3. The number of hydrogen-bond donors (Lipinski definition) is 3. The molecule has 0 fully saturated rings. The number of aryl methyl sites for hydroxylation is 1. The molecule has 8 nitrogen and oxygen atoms in total. The highest BCUT2D eigenvalue weighted by molar-refractivity contribution is 5.94. The van der Waals surface area contributed by atoms with Gasteiger partial charge in [-0.3, -0.25) is 9.59 Å². The first kappa shape index (κ1) is 18.5. The van der Waals surface area contributed by atoms with Crippen molar-refractivity contribution < 1.29 is 14.3 Å². The molecule has 0 atom stereocenters. The molecule has 1 aromatic carbocycles. The van der Waals surface area contributed by atoms with E-state index >= 15 is 0 Å². The number of nitrogens with one attached hydrogen (secondary N) is 3. The first-order valence-corrected chi connectivity index (χ1v) is 8.77. The number of H-pyrrole nitrogens is 1. The second-order valence-corrected chi connectivity index (χ2v) is 6.27. The van der Waals surface area contributed by atoms with Crippen molar-refractivity contribution in [2.75, 3.05) is 25.0 Å². The van der Waals surface area contributed by atoms with E-state index in [2.05, 4.69) is 15.6 Å². The van der Waals surface area contributed by atoms with Crippen LogP contribution in [0.15, 0.2) is 35.1 Å². The molecule has 3 amide bonds. The molecule has 0 saturated heterocycles. The fourth-order valence-electron chi connectivity index (χ4n) is 2.89. The second kappa shape index (κ2) is 7.94. The minimum absolute atomic E-state index is 0.0978. The number of aromatic nitrogens is 1. The summed E-state index contributed by atoms with van der Waals surface area (Å²) in [6, 6.07) is 8.22. The largest absolute Gasteiger partial charge is 0.491 e. The van der Waals surface area contributed by atoms with E-state index in [1.165, 1.54) is 6.07 Å². The van der Waals surface area contributed by atoms with Crippen molar-refractivity contribution >= 4 is 17.6 Å². The molecule has 0 unspecified atom stereocenters. The average molecular weight is 370 g/mol. The quantitative estimate of drug-likeness (QED) is 0.767. The SMILES string of the molecule is CCNC(=O)Nc1ccc2c(c1)CN(C(=O)c1ccc(C)[nH]c1=O)CCO2. The number of urea groups is 1. The number of carbonyl (C=O) groups excluding carboxylic acids is 2. The molecule has 1 aromatic heterocycles. The minimum atomic E-state index is -0.406. The number of nitrogens with zero attached hydrogens (tertiary/aromatic N) is 1. The molecule has 0 aliphatic carbocycles. The van der Waals surface area contributed by atoms with Crippen molar-refractivity contribution in [1.82, 2.24) is 15.2 Å². The Morgan fingerprint density at radius 3 is 2.81 bits per heavy atom. The Morgan fingerprint density at radius 1 is 1.26 bits per heavy atom. The maximum atomic E-state index is 12.8. The smallest absolute Gasteiger partial charge is 0.319 e. The van der Waals surface area contributed by atoms with Crippen molar-refractivity contribution in [2.45, 2.75) is 20.4 Å². The van der Waals surface area contributed by atoms with Crippen LogP contribution < -0.4 is 20.9 Å². The molecular weight excluding hydrogens is 348 g/mol. The number of anilines is 1. The molecule has 0 spiro atoms. The van der Waals surface area contributed by atoms with E-state index in [4.69, 9.17) is 4.74 Å². The summed E-state index contributed by atoms with van der Waals surface area (Å²) in [5.74, 6) is 0.305. The zero-order chi connectivity index (χ0) is 19.4. The average Bonchev–Trinajstić information content (AvgIpc) is 2.83. The monoisotopic (exact) mass is 370 g/mol. The Bertz CT molecular complexity index is 922. The summed E-state index contributed by atoms with van der Waals surface area (Å²) in [6.07, 6.45) is 0. The summed E-state index contributed by atoms with van der Waals surface area (Å²) in [6.45, 7) is 5.08. The summed E-state index contributed by atoms with van der Waals surface area (Å²) >= 11 is 0. The standard InChI is InChI=1S/C19H22N4O4/c1-3-20-19(26)22-14-5-7-16-13(10-14)11-23(8-9-27-16)18(25)15-6-4-12(2)21-17(15)24/h4-7,10H,3,8-9,11H2,1-2H3,(H,21,24)(H2,20,22,26). The number of aromatic amines is 1. The lowest BCUT2D eigenvalue weighted by Gasteiger charge is -2.19. The van der Waals surface area contributed by atoms with Gasteiger partial charge in [0, 0.05) is 30.0 Å². The highest BCUT2D eigenvalue weighted by Gasteiger charge is 2.23. The van der Waals surface area contributed by atoms with Gasteiger partial charge in [0.25, 0.3) is 11.5 Å². The lowest BCUT2D eigenvalue weighted by molar-refractivity contribution is 0.0731. The molecule has 2 aromatic rings. The molecule has 8 heteroatoms. The van der Waals surface area contributed by atoms with Crippen LogP contribution >= 0.6 is 0 Å². The van der Waals surface area contributed by atoms with E-state index in [0.717, 1.165) is 5.56 Å². The van der Waals surface area contributed by atoms with Crippen molar-refractivity contribution in [3.05, 3.63) is 57.5 Å². The van der Waals surface area contributed by atoms with E-state index in [-0.39, 0.29) is 24.0 Å². The van der Waals surface area contributed by atoms with E-state index in [1.54, 1.807) is 36.1 Å². The molecule has 1 aliphatic rings. The first-order valence-electron chi connectivity index (χ1n) is 8.77. The van der Waals surface area contributed by atoms with Gasteiger partial charge in [-0.05, 0) is 44.2 Å². The van der Waals surface area contributed by atoms with Crippen molar-refractivity contribution in [3.8, 4) is 5.75 Å². The van der Waals surface area contributed by atoms with Gasteiger partial charge >= 0.3 is 6.03 Å². The number of carbonyl (C=O) groups is 2. The van der Waals surface area contributed by atoms with Gasteiger partial charge in [0.15, 0.2) is 0 Å². The summed E-state index contributed by atoms with van der Waals surface area (Å²) in [5.41, 5.74) is 1.75. The van der Waals surface area contributed by atoms with E-state index in [0.29, 0.717) is 36.8 Å². The summed E-state index contributed by atoms with van der Waals surface area (Å²) in [4.78, 5) is 40.9. The number of benzene rings is 1. The second-order valence-electron chi connectivity index (χ2n) is 6.27. The van der Waals surface area contributed by atoms with Crippen LogP contribution in [0.3, 0.4) is 0 Å². The summed E-state index contributed by atoms with van der Waals surface area (Å²) < 4.78 is 5.71. The molecular formula is C19H22N4O4. The highest BCUT2D eigenvalue weighted by Crippen LogP contribution is 2.27. The zero-order valence-electron chi connectivity index (χ0n) is 15.3. The van der Waals surface area contributed by atoms with Crippen LogP contribution in [0.1, 0.15) is 28.5 Å². The fraction of sp³-hybridized carbons (Fsp3) is 0.316. The molecule has 0 saturated carbocycles. The van der Waals surface area contributed by atoms with Gasteiger partial charge in [-0.25, -0.2) is 4.79 Å². The Labute approximate surface area is 156 Å². The maximum absolute atomic E-state index is 12.8. The third kappa shape index (κ3) is 4.28. The van der Waals surface area contributed by atoms with Gasteiger partial charge < -0.3 is 25.3 Å². The zero-order valence-corrected chi connectivity index (χ0v) is 15.3. The fourth-order valence-corrected chi connectivity index (χ4v) is 2.89. The van der Waals surface area contributed by atoms with Crippen molar-refractivity contribution in [3.63, 3.8) is 0 Å². The van der Waals surface area contributed by atoms with Crippen molar-refractivity contribution in [1.29, 1.82) is 0 Å². The molecule has 3 N–H and O–H groups in total. The third-order valence-electron chi connectivity index (χ3n) is 4.21. The van der Waals surface area contributed by atoms with Crippen LogP contribution in [0.25, 0.3) is 0 Å². The van der Waals surface area contributed by atoms with Crippen LogP contribution in [0, 0.1) is 6.92 Å². The van der Waals surface area contributed by atoms with E-state index in [1.807, 2.05) is 6.92 Å². The first-order chi connectivity index (χ1) is 13.0. The van der Waals surface area contributed by atoms with E-state index in [9.17, 15) is 14.4 Å². The van der Waals surface area contributed by atoms with Crippen LogP contribution in [0.5, 0.6) is 5.75 Å². The Kier molecular flexibility index (Phi) is 5.44. The summed E-state index contributed by atoms with van der Waals surface area (Å²) in [5, 5.41) is 5.40. The molecule has 0 radical (unpaired) electrons. The van der Waals surface area contributed by atoms with Gasteiger partial charge in [-0.2, -0.15) is 0 Å². The Balaban J connectivity index is 1.83. The van der Waals surface area contributed by atoms with Crippen LogP contribution in [0.2, 0.25) is 0 Å². The maximum Gasteiger partial charge on any atom is 0.319 e. The number of ether oxygens (including phenoxy) is 1. The molecule has 0 bridgehead atoms. The van der Waals surface area contributed by atoms with Gasteiger partial charge in [0.1, 0.15) is 17.9 Å². The van der Waals surface area contributed by atoms with Crippen LogP contribution in [0.4, 0.5) is 10.5 Å².